The largest absolute Gasteiger partial charge is 0.351 e. The lowest BCUT2D eigenvalue weighted by Crippen LogP contribution is -2.46. The maximum atomic E-state index is 13.0. The Morgan fingerprint density at radius 2 is 1.97 bits per heavy atom. The van der Waals surface area contributed by atoms with Crippen molar-refractivity contribution in [1.82, 2.24) is 20.2 Å². The summed E-state index contributed by atoms with van der Waals surface area (Å²) >= 11 is 1.55. The van der Waals surface area contributed by atoms with Crippen molar-refractivity contribution >= 4 is 44.2 Å². The fraction of sp³-hybridized carbons (Fsp3) is 0.292. The van der Waals surface area contributed by atoms with Gasteiger partial charge in [-0.25, -0.2) is 9.97 Å². The fourth-order valence-corrected chi connectivity index (χ4v) is 5.43. The van der Waals surface area contributed by atoms with E-state index in [1.807, 2.05) is 29.3 Å². The molecular formula is C24H23N5OS. The molecule has 0 spiro atoms. The third-order valence-electron chi connectivity index (χ3n) is 6.19. The highest BCUT2D eigenvalue weighted by atomic mass is 32.1. The van der Waals surface area contributed by atoms with Gasteiger partial charge in [-0.15, -0.1) is 11.3 Å². The average Bonchev–Trinajstić information content (AvgIpc) is 3.45. The Labute approximate surface area is 184 Å². The van der Waals surface area contributed by atoms with Gasteiger partial charge in [-0.3, -0.25) is 4.79 Å². The summed E-state index contributed by atoms with van der Waals surface area (Å²) in [5, 5.41) is 8.82. The van der Waals surface area contributed by atoms with E-state index >= 15 is 0 Å². The molecule has 31 heavy (non-hydrogen) atoms. The predicted molar refractivity (Wildman–Crippen MR) is 125 cm³/mol. The molecule has 0 radical (unpaired) electrons. The Balaban J connectivity index is 1.29. The van der Waals surface area contributed by atoms with E-state index in [9.17, 15) is 4.79 Å². The second-order valence-electron chi connectivity index (χ2n) is 8.27. The summed E-state index contributed by atoms with van der Waals surface area (Å²) < 4.78 is 1.09. The van der Waals surface area contributed by atoms with E-state index in [1.165, 1.54) is 5.56 Å². The van der Waals surface area contributed by atoms with Crippen LogP contribution in [-0.4, -0.2) is 53.0 Å². The molecular weight excluding hydrogens is 406 g/mol. The van der Waals surface area contributed by atoms with Crippen LogP contribution in [0.4, 0.5) is 5.95 Å². The predicted octanol–water partition coefficient (Wildman–Crippen LogP) is 3.86. The summed E-state index contributed by atoms with van der Waals surface area (Å²) in [6.45, 7) is 3.22. The van der Waals surface area contributed by atoms with E-state index in [0.29, 0.717) is 17.9 Å². The summed E-state index contributed by atoms with van der Waals surface area (Å²) in [5.74, 6) is 1.29. The number of carbonyl (C=O) groups excluding carboxylic acids is 1. The van der Waals surface area contributed by atoms with Crippen LogP contribution in [0.5, 0.6) is 0 Å². The van der Waals surface area contributed by atoms with Gasteiger partial charge in [-0.1, -0.05) is 30.3 Å². The number of nitrogens with one attached hydrogen (secondary N) is 2. The van der Waals surface area contributed by atoms with Crippen LogP contribution in [0.3, 0.4) is 0 Å². The lowest BCUT2D eigenvalue weighted by atomic mass is 10.1. The van der Waals surface area contributed by atoms with Crippen LogP contribution in [0.1, 0.15) is 27.6 Å². The molecule has 3 heterocycles. The first kappa shape index (κ1) is 18.7. The molecule has 2 aliphatic rings. The fourth-order valence-electron chi connectivity index (χ4n) is 4.40. The van der Waals surface area contributed by atoms with E-state index in [4.69, 9.17) is 4.98 Å². The van der Waals surface area contributed by atoms with Crippen LogP contribution in [0.15, 0.2) is 54.7 Å². The number of benzene rings is 2. The maximum absolute atomic E-state index is 13.0. The molecule has 1 amide bonds. The lowest BCUT2D eigenvalue weighted by Gasteiger charge is -2.26. The SMILES string of the molecule is O=C(c1cc2c(ccc3cnc(N[C@H]4C[C@@H]4c4ccccc4)nc32)s1)N1CCNCC1. The van der Waals surface area contributed by atoms with Gasteiger partial charge in [0.05, 0.1) is 10.4 Å². The number of amides is 1. The number of piperazine rings is 1. The highest BCUT2D eigenvalue weighted by molar-refractivity contribution is 7.21. The molecule has 0 unspecified atom stereocenters. The molecule has 1 saturated heterocycles. The Hall–Kier alpha value is -3.03. The van der Waals surface area contributed by atoms with Crippen molar-refractivity contribution in [2.75, 3.05) is 31.5 Å². The Bertz CT molecular complexity index is 1270. The highest BCUT2D eigenvalue weighted by Crippen LogP contribution is 2.42. The van der Waals surface area contributed by atoms with Crippen LogP contribution in [0.25, 0.3) is 21.0 Å². The number of hydrogen-bond acceptors (Lipinski definition) is 6. The van der Waals surface area contributed by atoms with Gasteiger partial charge in [-0.2, -0.15) is 0 Å². The van der Waals surface area contributed by atoms with Gasteiger partial charge in [-0.05, 0) is 30.2 Å². The summed E-state index contributed by atoms with van der Waals surface area (Å²) in [6, 6.07) is 17.1. The number of rotatable bonds is 4. The summed E-state index contributed by atoms with van der Waals surface area (Å²) in [5.41, 5.74) is 2.26. The Kier molecular flexibility index (Phi) is 4.58. The maximum Gasteiger partial charge on any atom is 0.264 e. The first-order valence-electron chi connectivity index (χ1n) is 10.8. The minimum absolute atomic E-state index is 0.118. The zero-order chi connectivity index (χ0) is 20.8. The van der Waals surface area contributed by atoms with Gasteiger partial charge in [0.1, 0.15) is 0 Å². The molecule has 2 aromatic heterocycles. The van der Waals surface area contributed by atoms with Gasteiger partial charge in [0.25, 0.3) is 5.91 Å². The molecule has 2 fully saturated rings. The lowest BCUT2D eigenvalue weighted by molar-refractivity contribution is 0.0741. The molecule has 2 N–H and O–H groups in total. The molecule has 6 rings (SSSR count). The summed E-state index contributed by atoms with van der Waals surface area (Å²) in [7, 11) is 0. The van der Waals surface area contributed by atoms with Crippen LogP contribution in [0.2, 0.25) is 0 Å². The number of fused-ring (bicyclic) bond motifs is 3. The van der Waals surface area contributed by atoms with Crippen molar-refractivity contribution in [2.24, 2.45) is 0 Å². The van der Waals surface area contributed by atoms with Crippen LogP contribution < -0.4 is 10.6 Å². The van der Waals surface area contributed by atoms with E-state index in [-0.39, 0.29) is 5.91 Å². The van der Waals surface area contributed by atoms with E-state index < -0.39 is 0 Å². The normalized spacial score (nSPS) is 20.8. The molecule has 4 aromatic rings. The van der Waals surface area contributed by atoms with Gasteiger partial charge in [0, 0.05) is 59.8 Å². The van der Waals surface area contributed by atoms with E-state index in [2.05, 4.69) is 45.9 Å². The topological polar surface area (TPSA) is 70.2 Å². The number of thiophene rings is 1. The second kappa shape index (κ2) is 7.59. The van der Waals surface area contributed by atoms with E-state index in [1.54, 1.807) is 11.3 Å². The van der Waals surface area contributed by atoms with Crippen molar-refractivity contribution in [3.05, 3.63) is 65.2 Å². The first-order chi connectivity index (χ1) is 15.3. The zero-order valence-corrected chi connectivity index (χ0v) is 17.9. The third kappa shape index (κ3) is 3.54. The molecule has 156 valence electrons. The summed E-state index contributed by atoms with van der Waals surface area (Å²) in [6.07, 6.45) is 2.97. The molecule has 6 nitrogen and oxygen atoms in total. The van der Waals surface area contributed by atoms with Crippen LogP contribution in [0, 0.1) is 0 Å². The number of carbonyl (C=O) groups is 1. The Morgan fingerprint density at radius 3 is 2.81 bits per heavy atom. The molecule has 2 aromatic carbocycles. The monoisotopic (exact) mass is 429 g/mol. The number of aromatic nitrogens is 2. The zero-order valence-electron chi connectivity index (χ0n) is 17.0. The minimum Gasteiger partial charge on any atom is -0.351 e. The van der Waals surface area contributed by atoms with Crippen LogP contribution in [-0.2, 0) is 0 Å². The molecule has 2 atom stereocenters. The Morgan fingerprint density at radius 1 is 1.13 bits per heavy atom. The van der Waals surface area contributed by atoms with E-state index in [0.717, 1.165) is 58.5 Å². The van der Waals surface area contributed by atoms with Gasteiger partial charge >= 0.3 is 0 Å². The quantitative estimate of drug-likeness (QED) is 0.516. The van der Waals surface area contributed by atoms with Gasteiger partial charge < -0.3 is 15.5 Å². The van der Waals surface area contributed by atoms with Crippen LogP contribution >= 0.6 is 11.3 Å². The number of nitrogens with zero attached hydrogens (tertiary/aromatic N) is 3. The summed E-state index contributed by atoms with van der Waals surface area (Å²) in [4.78, 5) is 25.1. The van der Waals surface area contributed by atoms with Crippen molar-refractivity contribution in [3.63, 3.8) is 0 Å². The van der Waals surface area contributed by atoms with Gasteiger partial charge in [0.2, 0.25) is 5.95 Å². The van der Waals surface area contributed by atoms with Crippen molar-refractivity contribution in [2.45, 2.75) is 18.4 Å². The standard InChI is InChI=1S/C24H23N5OS/c30-23(29-10-8-25-9-11-29)21-13-18-20(31-21)7-6-16-14-26-24(28-22(16)18)27-19-12-17(19)15-4-2-1-3-5-15/h1-7,13-14,17,19,25H,8-12H2,(H,26,27,28)/t17-,19+/m1/s1. The molecule has 1 saturated carbocycles. The van der Waals surface area contributed by atoms with Gasteiger partial charge in [0.15, 0.2) is 0 Å². The second-order valence-corrected chi connectivity index (χ2v) is 9.35. The number of hydrogen-bond donors (Lipinski definition) is 2. The minimum atomic E-state index is 0.118. The molecule has 1 aliphatic heterocycles. The third-order valence-corrected chi connectivity index (χ3v) is 7.28. The van der Waals surface area contributed by atoms with Crippen molar-refractivity contribution in [3.8, 4) is 0 Å². The number of anilines is 1. The molecule has 1 aliphatic carbocycles. The highest BCUT2D eigenvalue weighted by Gasteiger charge is 2.38. The average molecular weight is 430 g/mol. The smallest absolute Gasteiger partial charge is 0.264 e. The van der Waals surface area contributed by atoms with Crippen molar-refractivity contribution < 1.29 is 4.79 Å². The molecule has 7 heteroatoms. The molecule has 0 bridgehead atoms. The van der Waals surface area contributed by atoms with Crippen molar-refractivity contribution in [1.29, 1.82) is 0 Å². The first-order valence-corrected chi connectivity index (χ1v) is 11.6.